The van der Waals surface area contributed by atoms with E-state index in [0.29, 0.717) is 24.8 Å². The van der Waals surface area contributed by atoms with Crippen LogP contribution < -0.4 is 10.6 Å². The number of rotatable bonds is 8. The quantitative estimate of drug-likeness (QED) is 0.314. The monoisotopic (exact) mass is 520 g/mol. The summed E-state index contributed by atoms with van der Waals surface area (Å²) in [5, 5.41) is 6.47. The third-order valence-electron chi connectivity index (χ3n) is 4.89. The van der Waals surface area contributed by atoms with Crippen LogP contribution in [0, 0.1) is 5.41 Å². The van der Waals surface area contributed by atoms with E-state index in [4.69, 9.17) is 0 Å². The third kappa shape index (κ3) is 7.02. The van der Waals surface area contributed by atoms with E-state index < -0.39 is 10.8 Å². The molecule has 28 heavy (non-hydrogen) atoms. The summed E-state index contributed by atoms with van der Waals surface area (Å²) < 4.78 is 12.3. The highest BCUT2D eigenvalue weighted by Crippen LogP contribution is 2.39. The van der Waals surface area contributed by atoms with Crippen molar-refractivity contribution in [1.29, 1.82) is 0 Å². The molecule has 1 amide bonds. The van der Waals surface area contributed by atoms with E-state index in [0.717, 1.165) is 37.1 Å². The zero-order valence-corrected chi connectivity index (χ0v) is 20.2. The van der Waals surface area contributed by atoms with Crippen LogP contribution in [0.1, 0.15) is 32.6 Å². The number of hydrogen-bond acceptors (Lipinski definition) is 3. The van der Waals surface area contributed by atoms with Crippen LogP contribution in [-0.4, -0.2) is 60.5 Å². The number of guanidine groups is 1. The van der Waals surface area contributed by atoms with Gasteiger partial charge in [-0.25, -0.2) is 0 Å². The first-order chi connectivity index (χ1) is 13.0. The summed E-state index contributed by atoms with van der Waals surface area (Å²) in [6.45, 7) is 3.79. The highest BCUT2D eigenvalue weighted by Gasteiger charge is 2.42. The average Bonchev–Trinajstić information content (AvgIpc) is 3.16. The first kappa shape index (κ1) is 24.9. The molecule has 1 aliphatic rings. The molecule has 158 valence electrons. The molecule has 8 heteroatoms. The topological polar surface area (TPSA) is 73.8 Å². The molecule has 0 heterocycles. The minimum atomic E-state index is -1.04. The van der Waals surface area contributed by atoms with Crippen LogP contribution >= 0.6 is 24.0 Å². The smallest absolute Gasteiger partial charge is 0.230 e. The Labute approximate surface area is 188 Å². The Balaban J connectivity index is 0.00000392. The van der Waals surface area contributed by atoms with Crippen molar-refractivity contribution in [2.24, 2.45) is 10.4 Å². The van der Waals surface area contributed by atoms with E-state index in [1.807, 2.05) is 51.4 Å². The van der Waals surface area contributed by atoms with Gasteiger partial charge in [0.2, 0.25) is 5.91 Å². The van der Waals surface area contributed by atoms with Crippen molar-refractivity contribution in [3.63, 3.8) is 0 Å². The van der Waals surface area contributed by atoms with E-state index in [2.05, 4.69) is 15.6 Å². The van der Waals surface area contributed by atoms with Crippen LogP contribution in [0.3, 0.4) is 0 Å². The van der Waals surface area contributed by atoms with Gasteiger partial charge in [0.05, 0.1) is 22.8 Å². The lowest BCUT2D eigenvalue weighted by molar-refractivity contribution is -0.138. The summed E-state index contributed by atoms with van der Waals surface area (Å²) in [4.78, 5) is 19.9. The Hall–Kier alpha value is -1.16. The van der Waals surface area contributed by atoms with E-state index in [1.165, 1.54) is 0 Å². The fourth-order valence-corrected chi connectivity index (χ4v) is 4.47. The van der Waals surface area contributed by atoms with Crippen LogP contribution in [0.15, 0.2) is 40.2 Å². The lowest BCUT2D eigenvalue weighted by Crippen LogP contribution is -2.43. The molecule has 0 aromatic heterocycles. The van der Waals surface area contributed by atoms with Gasteiger partial charge in [0, 0.05) is 37.8 Å². The van der Waals surface area contributed by atoms with Gasteiger partial charge in [-0.15, -0.1) is 24.0 Å². The number of nitrogens with one attached hydrogen (secondary N) is 2. The summed E-state index contributed by atoms with van der Waals surface area (Å²) >= 11 is 0. The number of halogens is 1. The molecular weight excluding hydrogens is 487 g/mol. The number of carbonyl (C=O) groups is 1. The van der Waals surface area contributed by atoms with Crippen LogP contribution in [-0.2, 0) is 15.6 Å². The fraction of sp³-hybridized carbons (Fsp3) is 0.600. The van der Waals surface area contributed by atoms with Crippen molar-refractivity contribution in [3.8, 4) is 0 Å². The van der Waals surface area contributed by atoms with E-state index in [9.17, 15) is 9.00 Å². The van der Waals surface area contributed by atoms with Gasteiger partial charge in [0.1, 0.15) is 0 Å². The molecule has 2 rings (SSSR count). The van der Waals surface area contributed by atoms with Crippen LogP contribution in [0.25, 0.3) is 0 Å². The summed E-state index contributed by atoms with van der Waals surface area (Å²) in [5.41, 5.74) is -0.376. The van der Waals surface area contributed by atoms with E-state index in [1.54, 1.807) is 4.90 Å². The molecule has 1 saturated carbocycles. The van der Waals surface area contributed by atoms with Gasteiger partial charge >= 0.3 is 0 Å². The highest BCUT2D eigenvalue weighted by atomic mass is 127. The Kier molecular flexibility index (Phi) is 11.0. The second kappa shape index (κ2) is 12.4. The number of carbonyl (C=O) groups excluding carboxylic acids is 1. The second-order valence-corrected chi connectivity index (χ2v) is 8.74. The molecule has 1 fully saturated rings. The molecule has 1 unspecified atom stereocenters. The highest BCUT2D eigenvalue weighted by molar-refractivity contribution is 14.0. The Morgan fingerprint density at radius 1 is 1.18 bits per heavy atom. The minimum absolute atomic E-state index is 0. The maximum Gasteiger partial charge on any atom is 0.230 e. The van der Waals surface area contributed by atoms with Gasteiger partial charge in [-0.05, 0) is 31.9 Å². The van der Waals surface area contributed by atoms with Crippen LogP contribution in [0.4, 0.5) is 0 Å². The number of hydrogen-bond donors (Lipinski definition) is 2. The predicted octanol–water partition coefficient (Wildman–Crippen LogP) is 2.62. The van der Waals surface area contributed by atoms with Gasteiger partial charge in [0.25, 0.3) is 0 Å². The summed E-state index contributed by atoms with van der Waals surface area (Å²) in [5.74, 6) is 1.36. The Bertz CT molecular complexity index is 661. The summed E-state index contributed by atoms with van der Waals surface area (Å²) in [7, 11) is 2.59. The lowest BCUT2D eigenvalue weighted by atomic mass is 9.85. The van der Waals surface area contributed by atoms with Gasteiger partial charge < -0.3 is 15.5 Å². The number of aliphatic imine (C=N–C) groups is 1. The van der Waals surface area contributed by atoms with Crippen molar-refractivity contribution >= 4 is 46.6 Å². The molecule has 0 spiro atoms. The van der Waals surface area contributed by atoms with Crippen molar-refractivity contribution in [3.05, 3.63) is 30.3 Å². The molecule has 0 aliphatic heterocycles. The van der Waals surface area contributed by atoms with Crippen molar-refractivity contribution in [2.45, 2.75) is 37.5 Å². The third-order valence-corrected chi connectivity index (χ3v) is 6.26. The average molecular weight is 520 g/mol. The normalized spacial score (nSPS) is 16.8. The zero-order chi connectivity index (χ0) is 19.7. The fourth-order valence-electron chi connectivity index (χ4n) is 3.49. The van der Waals surface area contributed by atoms with Crippen molar-refractivity contribution in [1.82, 2.24) is 15.5 Å². The molecule has 1 atom stereocenters. The first-order valence-electron chi connectivity index (χ1n) is 9.66. The number of nitrogens with zero attached hydrogens (tertiary/aromatic N) is 2. The maximum atomic E-state index is 12.7. The summed E-state index contributed by atoms with van der Waals surface area (Å²) in [6.07, 6.45) is 3.94. The van der Waals surface area contributed by atoms with Crippen molar-refractivity contribution in [2.75, 3.05) is 39.5 Å². The standard InChI is InChI=1S/C20H32N4O2S.HI/c1-4-21-19(22-14-15-27(26)17-10-6-5-7-11-17)23-16-20(12-8-9-13-20)18(25)24(2)3;/h5-7,10-11H,4,8-9,12-16H2,1-3H3,(H2,21,22,23);1H. The van der Waals surface area contributed by atoms with Crippen molar-refractivity contribution < 1.29 is 9.00 Å². The van der Waals surface area contributed by atoms with Crippen LogP contribution in [0.5, 0.6) is 0 Å². The van der Waals surface area contributed by atoms with E-state index in [-0.39, 0.29) is 35.3 Å². The Morgan fingerprint density at radius 3 is 2.39 bits per heavy atom. The first-order valence-corrected chi connectivity index (χ1v) is 11.0. The van der Waals surface area contributed by atoms with Gasteiger partial charge in [0.15, 0.2) is 5.96 Å². The molecule has 2 N–H and O–H groups in total. The number of amides is 1. The number of benzene rings is 1. The molecule has 0 bridgehead atoms. The predicted molar refractivity (Wildman–Crippen MR) is 127 cm³/mol. The second-order valence-electron chi connectivity index (χ2n) is 7.17. The molecule has 1 aromatic carbocycles. The largest absolute Gasteiger partial charge is 0.357 e. The SMILES string of the molecule is CCNC(=NCC1(C(=O)N(C)C)CCCC1)NCCS(=O)c1ccccc1.I. The van der Waals surface area contributed by atoms with Crippen LogP contribution in [0.2, 0.25) is 0 Å². The van der Waals surface area contributed by atoms with Gasteiger partial charge in [-0.1, -0.05) is 31.0 Å². The zero-order valence-electron chi connectivity index (χ0n) is 17.1. The minimum Gasteiger partial charge on any atom is -0.357 e. The Morgan fingerprint density at radius 2 is 1.82 bits per heavy atom. The molecule has 0 saturated heterocycles. The molecular formula is C20H33IN4O2S. The molecule has 1 aliphatic carbocycles. The van der Waals surface area contributed by atoms with Gasteiger partial charge in [-0.2, -0.15) is 0 Å². The lowest BCUT2D eigenvalue weighted by Gasteiger charge is -2.29. The maximum absolute atomic E-state index is 12.7. The van der Waals surface area contributed by atoms with E-state index >= 15 is 0 Å². The van der Waals surface area contributed by atoms with Gasteiger partial charge in [-0.3, -0.25) is 14.0 Å². The molecule has 1 aromatic rings. The summed E-state index contributed by atoms with van der Waals surface area (Å²) in [6, 6.07) is 9.48. The molecule has 0 radical (unpaired) electrons. The molecule has 6 nitrogen and oxygen atoms in total.